The van der Waals surface area contributed by atoms with Gasteiger partial charge < -0.3 is 28.7 Å². The summed E-state index contributed by atoms with van der Waals surface area (Å²) >= 11 is 0. The zero-order valence-electron chi connectivity index (χ0n) is 30.7. The summed E-state index contributed by atoms with van der Waals surface area (Å²) in [5, 5.41) is 0. The minimum Gasteiger partial charge on any atom is -0.444 e. The van der Waals surface area contributed by atoms with Crippen molar-refractivity contribution in [3.8, 4) is 11.3 Å². The summed E-state index contributed by atoms with van der Waals surface area (Å²) in [7, 11) is 0. The zero-order chi connectivity index (χ0) is 36.1. The van der Waals surface area contributed by atoms with Crippen molar-refractivity contribution in [2.75, 3.05) is 39.4 Å². The van der Waals surface area contributed by atoms with Gasteiger partial charge in [-0.15, -0.1) is 0 Å². The number of urea groups is 1. The van der Waals surface area contributed by atoms with E-state index in [1.54, 1.807) is 17.3 Å². The molecule has 0 saturated carbocycles. The second kappa shape index (κ2) is 13.5. The van der Waals surface area contributed by atoms with E-state index in [0.717, 1.165) is 27.8 Å². The smallest absolute Gasteiger partial charge is 0.420 e. The molecule has 1 aromatic carbocycles. The van der Waals surface area contributed by atoms with Crippen LogP contribution in [0.5, 0.6) is 0 Å². The van der Waals surface area contributed by atoms with Crippen LogP contribution in [0.25, 0.3) is 22.4 Å². The summed E-state index contributed by atoms with van der Waals surface area (Å²) in [6.07, 6.45) is 2.97. The average molecular weight is 691 g/mol. The lowest BCUT2D eigenvalue weighted by Crippen LogP contribution is -2.53. The van der Waals surface area contributed by atoms with Gasteiger partial charge in [-0.25, -0.2) is 28.9 Å². The number of rotatable bonds is 2. The Kier molecular flexibility index (Phi) is 9.59. The normalized spacial score (nSPS) is 21.6. The lowest BCUT2D eigenvalue weighted by atomic mass is 9.87. The van der Waals surface area contributed by atoms with Crippen molar-refractivity contribution < 1.29 is 33.3 Å². The molecule has 5 heterocycles. The van der Waals surface area contributed by atoms with E-state index in [0.29, 0.717) is 62.6 Å². The monoisotopic (exact) mass is 690 g/mol. The molecule has 2 saturated heterocycles. The molecule has 270 valence electrons. The van der Waals surface area contributed by atoms with E-state index in [1.165, 1.54) is 4.57 Å². The molecule has 13 heteroatoms. The molecular formula is C37H50N6O7. The predicted molar refractivity (Wildman–Crippen MR) is 187 cm³/mol. The number of ether oxygens (including phenoxy) is 4. The SMILES string of the molecule is Cc1cn(C(=O)OC(C)(C)C)c2ncc(-c3cc4c(c([C@@H]5COCCN5C(=O)OC(C)(C)C)c3)CN(C(=O)N3C[C@@H](C)O[C@H](C)C3)CC4)nc12. The van der Waals surface area contributed by atoms with Crippen LogP contribution in [0, 0.1) is 6.92 Å². The van der Waals surface area contributed by atoms with Gasteiger partial charge in [-0.05, 0) is 103 Å². The van der Waals surface area contributed by atoms with Crippen LogP contribution in [0.2, 0.25) is 0 Å². The number of carbonyl (C=O) groups excluding carboxylic acids is 3. The summed E-state index contributed by atoms with van der Waals surface area (Å²) in [5.74, 6) is 0. The Labute approximate surface area is 293 Å². The maximum absolute atomic E-state index is 13.9. The molecule has 13 nitrogen and oxygen atoms in total. The number of hydrogen-bond donors (Lipinski definition) is 0. The highest BCUT2D eigenvalue weighted by Crippen LogP contribution is 2.37. The first-order valence-corrected chi connectivity index (χ1v) is 17.5. The van der Waals surface area contributed by atoms with E-state index in [1.807, 2.05) is 78.2 Å². The molecule has 3 aliphatic rings. The summed E-state index contributed by atoms with van der Waals surface area (Å²) in [6.45, 7) is 20.0. The summed E-state index contributed by atoms with van der Waals surface area (Å²) < 4.78 is 24.7. The van der Waals surface area contributed by atoms with Gasteiger partial charge in [0.1, 0.15) is 16.7 Å². The first kappa shape index (κ1) is 35.6. The highest BCUT2D eigenvalue weighted by Gasteiger charge is 2.37. The molecule has 3 aliphatic heterocycles. The summed E-state index contributed by atoms with van der Waals surface area (Å²) in [5.41, 5.74) is 4.86. The molecule has 0 radical (unpaired) electrons. The van der Waals surface area contributed by atoms with Gasteiger partial charge in [0.15, 0.2) is 5.65 Å². The fourth-order valence-electron chi connectivity index (χ4n) is 6.97. The van der Waals surface area contributed by atoms with Crippen LogP contribution in [0.1, 0.15) is 83.7 Å². The van der Waals surface area contributed by atoms with Gasteiger partial charge in [0.25, 0.3) is 0 Å². The van der Waals surface area contributed by atoms with Crippen molar-refractivity contribution in [3.63, 3.8) is 0 Å². The Morgan fingerprint density at radius 3 is 2.28 bits per heavy atom. The number of benzene rings is 1. The molecule has 50 heavy (non-hydrogen) atoms. The standard InChI is InChI=1S/C37H50N6O7/c1-22-17-43(35(46)50-37(7,8)9)32-31(22)39-29(16-38-32)26-14-25-10-11-40(33(44)41-18-23(2)48-24(3)19-41)20-28(25)27(15-26)30-21-47-13-12-42(30)34(45)49-36(4,5)6/h14-17,23-24,30H,10-13,18-21H2,1-9H3/t23-,24-,30+/m1/s1. The van der Waals surface area contributed by atoms with Crippen molar-refractivity contribution in [2.24, 2.45) is 0 Å². The van der Waals surface area contributed by atoms with Crippen molar-refractivity contribution >= 4 is 29.4 Å². The quantitative estimate of drug-likeness (QED) is 0.314. The van der Waals surface area contributed by atoms with Crippen LogP contribution in [0.4, 0.5) is 14.4 Å². The van der Waals surface area contributed by atoms with E-state index in [2.05, 4.69) is 11.1 Å². The Hall–Kier alpha value is -4.23. The van der Waals surface area contributed by atoms with E-state index in [4.69, 9.17) is 23.9 Å². The van der Waals surface area contributed by atoms with E-state index < -0.39 is 29.4 Å². The molecule has 3 amide bonds. The zero-order valence-corrected chi connectivity index (χ0v) is 30.7. The maximum atomic E-state index is 13.9. The molecule has 2 aromatic heterocycles. The van der Waals surface area contributed by atoms with Gasteiger partial charge in [-0.3, -0.25) is 4.90 Å². The lowest BCUT2D eigenvalue weighted by Gasteiger charge is -2.41. The molecule has 0 spiro atoms. The molecule has 0 bridgehead atoms. The van der Waals surface area contributed by atoms with Crippen LogP contribution < -0.4 is 0 Å². The average Bonchev–Trinajstić information content (AvgIpc) is 3.37. The van der Waals surface area contributed by atoms with E-state index in [-0.39, 0.29) is 24.8 Å². The van der Waals surface area contributed by atoms with Gasteiger partial charge in [-0.2, -0.15) is 0 Å². The molecule has 3 aromatic rings. The highest BCUT2D eigenvalue weighted by atomic mass is 16.6. The largest absolute Gasteiger partial charge is 0.444 e. The minimum atomic E-state index is -0.671. The summed E-state index contributed by atoms with van der Waals surface area (Å²) in [4.78, 5) is 55.6. The molecule has 6 rings (SSSR count). The third-order valence-electron chi connectivity index (χ3n) is 9.02. The maximum Gasteiger partial charge on any atom is 0.420 e. The van der Waals surface area contributed by atoms with Gasteiger partial charge in [0.05, 0.1) is 43.4 Å². The van der Waals surface area contributed by atoms with Crippen molar-refractivity contribution in [1.29, 1.82) is 0 Å². The van der Waals surface area contributed by atoms with E-state index in [9.17, 15) is 14.4 Å². The molecule has 0 aliphatic carbocycles. The number of aryl methyl sites for hydroxylation is 1. The van der Waals surface area contributed by atoms with Crippen molar-refractivity contribution in [1.82, 2.24) is 29.2 Å². The fraction of sp³-hybridized carbons (Fsp3) is 0.595. The third-order valence-corrected chi connectivity index (χ3v) is 9.02. The van der Waals surface area contributed by atoms with Crippen LogP contribution in [0.3, 0.4) is 0 Å². The van der Waals surface area contributed by atoms with Crippen LogP contribution in [-0.2, 0) is 31.9 Å². The fourth-order valence-corrected chi connectivity index (χ4v) is 6.97. The topological polar surface area (TPSA) is 129 Å². The van der Waals surface area contributed by atoms with E-state index >= 15 is 0 Å². The minimum absolute atomic E-state index is 0.0159. The highest BCUT2D eigenvalue weighted by molar-refractivity contribution is 5.88. The number of amides is 3. The van der Waals surface area contributed by atoms with Gasteiger partial charge in [0.2, 0.25) is 0 Å². The van der Waals surface area contributed by atoms with Gasteiger partial charge in [0, 0.05) is 44.5 Å². The number of nitrogens with zero attached hydrogens (tertiary/aromatic N) is 6. The Morgan fingerprint density at radius 1 is 0.920 bits per heavy atom. The van der Waals surface area contributed by atoms with Crippen LogP contribution in [-0.4, -0.2) is 110 Å². The number of carbonyl (C=O) groups is 3. The molecule has 0 N–H and O–H groups in total. The molecule has 0 unspecified atom stereocenters. The molecular weight excluding hydrogens is 640 g/mol. The Bertz CT molecular complexity index is 1780. The number of aromatic nitrogens is 3. The summed E-state index contributed by atoms with van der Waals surface area (Å²) in [6, 6.07) is 3.69. The van der Waals surface area contributed by atoms with Crippen LogP contribution >= 0.6 is 0 Å². The Balaban J connectivity index is 1.41. The third kappa shape index (κ3) is 7.58. The molecule has 3 atom stereocenters. The second-order valence-electron chi connectivity index (χ2n) is 15.7. The first-order valence-electron chi connectivity index (χ1n) is 17.5. The van der Waals surface area contributed by atoms with Gasteiger partial charge >= 0.3 is 18.2 Å². The first-order chi connectivity index (χ1) is 23.5. The number of hydrogen-bond acceptors (Lipinski definition) is 9. The van der Waals surface area contributed by atoms with Crippen molar-refractivity contribution in [2.45, 2.75) is 105 Å². The van der Waals surface area contributed by atoms with Crippen LogP contribution in [0.15, 0.2) is 24.5 Å². The lowest BCUT2D eigenvalue weighted by molar-refractivity contribution is -0.0586. The second-order valence-corrected chi connectivity index (χ2v) is 15.7. The van der Waals surface area contributed by atoms with Crippen molar-refractivity contribution in [3.05, 3.63) is 46.8 Å². The number of fused-ring (bicyclic) bond motifs is 2. The number of morpholine rings is 2. The Morgan fingerprint density at radius 2 is 1.60 bits per heavy atom. The predicted octanol–water partition coefficient (Wildman–Crippen LogP) is 6.09. The molecule has 2 fully saturated rings. The van der Waals surface area contributed by atoms with Gasteiger partial charge in [-0.1, -0.05) is 0 Å².